The Bertz CT molecular complexity index is 875. The second-order valence-electron chi connectivity index (χ2n) is 5.26. The highest BCUT2D eigenvalue weighted by Gasteiger charge is 2.17. The number of pyridine rings is 1. The molecular formula is C18H17N5O2. The number of para-hydroxylation sites is 1. The van der Waals surface area contributed by atoms with E-state index in [1.54, 1.807) is 37.5 Å². The van der Waals surface area contributed by atoms with Gasteiger partial charge in [-0.05, 0) is 24.3 Å². The number of anilines is 2. The number of benzene rings is 1. The minimum Gasteiger partial charge on any atom is -0.319 e. The van der Waals surface area contributed by atoms with Crippen molar-refractivity contribution in [3.63, 3.8) is 0 Å². The fourth-order valence-electron chi connectivity index (χ4n) is 2.21. The summed E-state index contributed by atoms with van der Waals surface area (Å²) in [5.74, 6) is -0.0969. The first-order valence-electron chi connectivity index (χ1n) is 7.84. The summed E-state index contributed by atoms with van der Waals surface area (Å²) in [5.41, 5.74) is 1.51. The van der Waals surface area contributed by atoms with E-state index in [0.717, 1.165) is 5.69 Å². The van der Waals surface area contributed by atoms with Gasteiger partial charge < -0.3 is 10.6 Å². The van der Waals surface area contributed by atoms with Gasteiger partial charge in [0, 0.05) is 18.7 Å². The molecule has 0 aliphatic heterocycles. The Balaban J connectivity index is 1.92. The lowest BCUT2D eigenvalue weighted by Gasteiger charge is -2.07. The van der Waals surface area contributed by atoms with Crippen LogP contribution in [0, 0.1) is 0 Å². The molecule has 2 aromatic heterocycles. The number of rotatable bonds is 5. The van der Waals surface area contributed by atoms with Crippen LogP contribution in [0.25, 0.3) is 5.69 Å². The van der Waals surface area contributed by atoms with Crippen molar-refractivity contribution in [1.29, 1.82) is 0 Å². The maximum atomic E-state index is 12.4. The first kappa shape index (κ1) is 16.4. The van der Waals surface area contributed by atoms with Crippen LogP contribution in [0.2, 0.25) is 0 Å². The van der Waals surface area contributed by atoms with Gasteiger partial charge in [-0.3, -0.25) is 14.6 Å². The fraction of sp³-hybridized carbons (Fsp3) is 0.111. The van der Waals surface area contributed by atoms with Gasteiger partial charge in [0.15, 0.2) is 5.69 Å². The molecule has 7 heteroatoms. The van der Waals surface area contributed by atoms with Gasteiger partial charge in [-0.1, -0.05) is 25.1 Å². The third-order valence-corrected chi connectivity index (χ3v) is 3.45. The average molecular weight is 335 g/mol. The Morgan fingerprint density at radius 3 is 2.56 bits per heavy atom. The summed E-state index contributed by atoms with van der Waals surface area (Å²) >= 11 is 0. The summed E-state index contributed by atoms with van der Waals surface area (Å²) in [4.78, 5) is 28.2. The lowest BCUT2D eigenvalue weighted by Crippen LogP contribution is -2.14. The number of aromatic nitrogens is 3. The molecule has 0 spiro atoms. The molecule has 2 amide bonds. The summed E-state index contributed by atoms with van der Waals surface area (Å²) in [6.45, 7) is 1.76. The molecule has 1 aromatic carbocycles. The summed E-state index contributed by atoms with van der Waals surface area (Å²) in [6.07, 6.45) is 3.50. The third kappa shape index (κ3) is 3.89. The molecule has 0 aliphatic carbocycles. The number of carbonyl (C=O) groups is 2. The third-order valence-electron chi connectivity index (χ3n) is 3.45. The van der Waals surface area contributed by atoms with E-state index in [4.69, 9.17) is 0 Å². The molecule has 0 saturated heterocycles. The molecule has 0 fully saturated rings. The summed E-state index contributed by atoms with van der Waals surface area (Å²) < 4.78 is 1.53. The lowest BCUT2D eigenvalue weighted by atomic mass is 10.3. The lowest BCUT2D eigenvalue weighted by molar-refractivity contribution is -0.115. The van der Waals surface area contributed by atoms with Crippen LogP contribution in [0.15, 0.2) is 60.9 Å². The first-order valence-corrected chi connectivity index (χ1v) is 7.84. The maximum absolute atomic E-state index is 12.4. The molecule has 3 rings (SSSR count). The Hall–Kier alpha value is -3.48. The highest BCUT2D eigenvalue weighted by atomic mass is 16.2. The van der Waals surface area contributed by atoms with E-state index in [9.17, 15) is 9.59 Å². The minimum atomic E-state index is -0.380. The van der Waals surface area contributed by atoms with E-state index in [0.29, 0.717) is 17.9 Å². The van der Waals surface area contributed by atoms with Crippen molar-refractivity contribution < 1.29 is 9.59 Å². The van der Waals surface area contributed by atoms with Crippen LogP contribution in [0.5, 0.6) is 0 Å². The molecule has 0 radical (unpaired) electrons. The molecule has 2 heterocycles. The Labute approximate surface area is 144 Å². The van der Waals surface area contributed by atoms with Crippen LogP contribution in [-0.2, 0) is 4.79 Å². The monoisotopic (exact) mass is 335 g/mol. The minimum absolute atomic E-state index is 0.156. The number of carbonyl (C=O) groups excluding carboxylic acids is 2. The quantitative estimate of drug-likeness (QED) is 0.750. The molecule has 126 valence electrons. The van der Waals surface area contributed by atoms with Crippen LogP contribution in [0.3, 0.4) is 0 Å². The molecule has 0 aliphatic rings. The summed E-state index contributed by atoms with van der Waals surface area (Å²) in [6, 6.07) is 14.3. The molecule has 0 saturated carbocycles. The molecule has 7 nitrogen and oxygen atoms in total. The van der Waals surface area contributed by atoms with Gasteiger partial charge in [0.25, 0.3) is 5.91 Å². The van der Waals surface area contributed by atoms with E-state index in [1.807, 2.05) is 30.3 Å². The SMILES string of the molecule is CCC(=O)Nc1cc(C(=O)Nc2cccnc2)nn1-c1ccccc1. The van der Waals surface area contributed by atoms with Crippen molar-refractivity contribution in [1.82, 2.24) is 14.8 Å². The topological polar surface area (TPSA) is 88.9 Å². The molecule has 3 aromatic rings. The highest BCUT2D eigenvalue weighted by Crippen LogP contribution is 2.18. The molecule has 25 heavy (non-hydrogen) atoms. The van der Waals surface area contributed by atoms with Crippen LogP contribution in [-0.4, -0.2) is 26.6 Å². The van der Waals surface area contributed by atoms with Crippen molar-refractivity contribution in [2.45, 2.75) is 13.3 Å². The Morgan fingerprint density at radius 1 is 1.08 bits per heavy atom. The van der Waals surface area contributed by atoms with Crippen LogP contribution in [0.4, 0.5) is 11.5 Å². The van der Waals surface area contributed by atoms with E-state index in [-0.39, 0.29) is 17.5 Å². The zero-order chi connectivity index (χ0) is 17.6. The van der Waals surface area contributed by atoms with Crippen LogP contribution >= 0.6 is 0 Å². The molecule has 2 N–H and O–H groups in total. The molecule has 0 unspecified atom stereocenters. The zero-order valence-corrected chi connectivity index (χ0v) is 13.6. The average Bonchev–Trinajstić information content (AvgIpc) is 3.07. The molecular weight excluding hydrogens is 318 g/mol. The second kappa shape index (κ2) is 7.39. The van der Waals surface area contributed by atoms with Crippen molar-refractivity contribution in [2.75, 3.05) is 10.6 Å². The molecule has 0 bridgehead atoms. The van der Waals surface area contributed by atoms with Gasteiger partial charge >= 0.3 is 0 Å². The van der Waals surface area contributed by atoms with Gasteiger partial charge in [-0.15, -0.1) is 0 Å². The Kier molecular flexibility index (Phi) is 4.84. The van der Waals surface area contributed by atoms with E-state index in [2.05, 4.69) is 20.7 Å². The predicted octanol–water partition coefficient (Wildman–Crippen LogP) is 2.87. The number of amides is 2. The number of hydrogen-bond acceptors (Lipinski definition) is 4. The fourth-order valence-corrected chi connectivity index (χ4v) is 2.21. The van der Waals surface area contributed by atoms with Gasteiger partial charge in [-0.2, -0.15) is 5.10 Å². The maximum Gasteiger partial charge on any atom is 0.276 e. The van der Waals surface area contributed by atoms with Crippen molar-refractivity contribution in [2.24, 2.45) is 0 Å². The predicted molar refractivity (Wildman–Crippen MR) is 94.7 cm³/mol. The number of nitrogens with zero attached hydrogens (tertiary/aromatic N) is 3. The highest BCUT2D eigenvalue weighted by molar-refractivity contribution is 6.04. The summed E-state index contributed by atoms with van der Waals surface area (Å²) in [5, 5.41) is 9.83. The van der Waals surface area contributed by atoms with Gasteiger partial charge in [-0.25, -0.2) is 4.68 Å². The normalized spacial score (nSPS) is 10.3. The van der Waals surface area contributed by atoms with Crippen molar-refractivity contribution in [3.05, 3.63) is 66.6 Å². The largest absolute Gasteiger partial charge is 0.319 e. The standard InChI is InChI=1S/C18H17N5O2/c1-2-17(24)21-16-11-15(18(25)20-13-7-6-10-19-12-13)22-23(16)14-8-4-3-5-9-14/h3-12H,2H2,1H3,(H,20,25)(H,21,24). The van der Waals surface area contributed by atoms with Crippen LogP contribution in [0.1, 0.15) is 23.8 Å². The smallest absolute Gasteiger partial charge is 0.276 e. The number of hydrogen-bond donors (Lipinski definition) is 2. The second-order valence-corrected chi connectivity index (χ2v) is 5.26. The van der Waals surface area contributed by atoms with E-state index < -0.39 is 0 Å². The molecule has 0 atom stereocenters. The zero-order valence-electron chi connectivity index (χ0n) is 13.6. The van der Waals surface area contributed by atoms with E-state index >= 15 is 0 Å². The van der Waals surface area contributed by atoms with Crippen molar-refractivity contribution in [3.8, 4) is 5.69 Å². The Morgan fingerprint density at radius 2 is 1.88 bits per heavy atom. The summed E-state index contributed by atoms with van der Waals surface area (Å²) in [7, 11) is 0. The van der Waals surface area contributed by atoms with Crippen LogP contribution < -0.4 is 10.6 Å². The first-order chi connectivity index (χ1) is 12.2. The van der Waals surface area contributed by atoms with E-state index in [1.165, 1.54) is 4.68 Å². The van der Waals surface area contributed by atoms with Gasteiger partial charge in [0.2, 0.25) is 5.91 Å². The number of nitrogens with one attached hydrogen (secondary N) is 2. The van der Waals surface area contributed by atoms with Gasteiger partial charge in [0.05, 0.1) is 17.6 Å². The van der Waals surface area contributed by atoms with Gasteiger partial charge in [0.1, 0.15) is 5.82 Å². The van der Waals surface area contributed by atoms with Crippen molar-refractivity contribution >= 4 is 23.3 Å².